The Balaban J connectivity index is 1.36. The molecule has 4 heterocycles. The monoisotopic (exact) mass is 367 g/mol. The number of morpholine rings is 1. The predicted molar refractivity (Wildman–Crippen MR) is 100.0 cm³/mol. The molecule has 2 aliphatic heterocycles. The van der Waals surface area contributed by atoms with Crippen LogP contribution in [0, 0.1) is 5.92 Å². The van der Waals surface area contributed by atoms with Crippen LogP contribution in [0.5, 0.6) is 0 Å². The van der Waals surface area contributed by atoms with Crippen molar-refractivity contribution in [2.45, 2.75) is 37.3 Å². The van der Waals surface area contributed by atoms with Crippen molar-refractivity contribution in [2.24, 2.45) is 5.92 Å². The molecular weight excluding hydrogens is 342 g/mol. The molecule has 0 bridgehead atoms. The molecule has 2 saturated heterocycles. The molecule has 0 spiro atoms. The number of ether oxygens (including phenoxy) is 1. The summed E-state index contributed by atoms with van der Waals surface area (Å²) in [4.78, 5) is 20.2. The first-order valence-corrected chi connectivity index (χ1v) is 9.80. The summed E-state index contributed by atoms with van der Waals surface area (Å²) in [6.07, 6.45) is 10.5. The molecule has 0 radical (unpaired) electrons. The van der Waals surface area contributed by atoms with E-state index in [1.807, 2.05) is 6.20 Å². The van der Waals surface area contributed by atoms with Gasteiger partial charge in [0.25, 0.3) is 0 Å². The van der Waals surface area contributed by atoms with Crippen molar-refractivity contribution >= 4 is 5.82 Å². The summed E-state index contributed by atoms with van der Waals surface area (Å²) < 4.78 is 5.46. The Morgan fingerprint density at radius 2 is 1.93 bits per heavy atom. The summed E-state index contributed by atoms with van der Waals surface area (Å²) in [6.45, 7) is 3.28. The number of fused-ring (bicyclic) bond motifs is 1. The van der Waals surface area contributed by atoms with Crippen molar-refractivity contribution in [3.8, 4) is 0 Å². The molecule has 5 rings (SSSR count). The molecule has 2 N–H and O–H groups in total. The van der Waals surface area contributed by atoms with Gasteiger partial charge in [-0.05, 0) is 25.2 Å². The van der Waals surface area contributed by atoms with E-state index in [2.05, 4.69) is 41.8 Å². The van der Waals surface area contributed by atoms with Crippen LogP contribution in [-0.4, -0.2) is 52.3 Å². The zero-order valence-electron chi connectivity index (χ0n) is 15.3. The number of nitrogens with one attached hydrogen (secondary N) is 2. The van der Waals surface area contributed by atoms with E-state index in [0.717, 1.165) is 62.8 Å². The number of rotatable bonds is 3. The minimum atomic E-state index is 0.192. The minimum absolute atomic E-state index is 0.192. The highest BCUT2D eigenvalue weighted by Crippen LogP contribution is 2.43. The van der Waals surface area contributed by atoms with Crippen molar-refractivity contribution in [3.63, 3.8) is 0 Å². The Bertz CT molecular complexity index is 768. The van der Waals surface area contributed by atoms with E-state index < -0.39 is 0 Å². The molecular formula is C19H25N7O. The molecule has 3 fully saturated rings. The molecule has 1 aliphatic carbocycles. The van der Waals surface area contributed by atoms with Gasteiger partial charge in [0.15, 0.2) is 0 Å². The second-order valence-electron chi connectivity index (χ2n) is 7.58. The lowest BCUT2D eigenvalue weighted by Gasteiger charge is -2.33. The molecule has 8 nitrogen and oxygen atoms in total. The summed E-state index contributed by atoms with van der Waals surface area (Å²) in [6, 6.07) is 2.81. The Kier molecular flexibility index (Phi) is 4.69. The van der Waals surface area contributed by atoms with E-state index in [4.69, 9.17) is 4.74 Å². The van der Waals surface area contributed by atoms with Gasteiger partial charge in [-0.25, -0.2) is 15.4 Å². The standard InChI is InChI=1S/C19H25N7O/c1-2-15-14(9-13(1)17-11-20-3-4-21-17)19(25-24-15)16-10-18(23-12-22-16)26-5-7-27-8-6-26/h3-4,10-15,19,24-25H,1-2,5-9H2. The fraction of sp³-hybridized carbons (Fsp3) is 0.579. The first-order chi connectivity index (χ1) is 13.4. The first-order valence-electron chi connectivity index (χ1n) is 9.80. The fourth-order valence-electron chi connectivity index (χ4n) is 4.64. The highest BCUT2D eigenvalue weighted by Gasteiger charge is 2.42. The Hall–Kier alpha value is -2.16. The predicted octanol–water partition coefficient (Wildman–Crippen LogP) is 1.20. The van der Waals surface area contributed by atoms with Crippen LogP contribution in [0.2, 0.25) is 0 Å². The lowest BCUT2D eigenvalue weighted by Crippen LogP contribution is -2.37. The van der Waals surface area contributed by atoms with E-state index in [9.17, 15) is 0 Å². The van der Waals surface area contributed by atoms with Crippen LogP contribution in [0.1, 0.15) is 42.6 Å². The van der Waals surface area contributed by atoms with Crippen LogP contribution in [-0.2, 0) is 4.74 Å². The molecule has 1 saturated carbocycles. The second-order valence-corrected chi connectivity index (χ2v) is 7.58. The third kappa shape index (κ3) is 3.40. The van der Waals surface area contributed by atoms with Crippen LogP contribution < -0.4 is 15.8 Å². The van der Waals surface area contributed by atoms with Gasteiger partial charge in [-0.3, -0.25) is 15.4 Å². The summed E-state index contributed by atoms with van der Waals surface area (Å²) in [5, 5.41) is 0. The maximum absolute atomic E-state index is 5.46. The fourth-order valence-corrected chi connectivity index (χ4v) is 4.64. The lowest BCUT2D eigenvalue weighted by molar-refractivity contribution is 0.122. The van der Waals surface area contributed by atoms with E-state index in [1.54, 1.807) is 18.7 Å². The molecule has 2 aromatic rings. The van der Waals surface area contributed by atoms with Gasteiger partial charge >= 0.3 is 0 Å². The molecule has 4 atom stereocenters. The largest absolute Gasteiger partial charge is 0.378 e. The molecule has 0 aromatic carbocycles. The summed E-state index contributed by atoms with van der Waals surface area (Å²) in [7, 11) is 0. The molecule has 4 unspecified atom stereocenters. The van der Waals surface area contributed by atoms with Gasteiger partial charge in [-0.1, -0.05) is 0 Å². The third-order valence-electron chi connectivity index (χ3n) is 6.08. The number of aromatic nitrogens is 4. The number of hydrogen-bond donors (Lipinski definition) is 2. The van der Waals surface area contributed by atoms with Crippen LogP contribution in [0.25, 0.3) is 0 Å². The van der Waals surface area contributed by atoms with Crippen LogP contribution in [0.4, 0.5) is 5.82 Å². The SMILES string of the molecule is c1cnc(C2CCC3NNC(c4cc(N5CCOCC5)ncn4)C3C2)cn1. The van der Waals surface area contributed by atoms with Crippen molar-refractivity contribution in [1.82, 2.24) is 30.8 Å². The maximum atomic E-state index is 5.46. The van der Waals surface area contributed by atoms with Crippen LogP contribution in [0.15, 0.2) is 31.0 Å². The molecule has 142 valence electrons. The zero-order chi connectivity index (χ0) is 18.1. The normalized spacial score (nSPS) is 30.9. The maximum Gasteiger partial charge on any atom is 0.132 e. The lowest BCUT2D eigenvalue weighted by atomic mass is 9.74. The average Bonchev–Trinajstić information content (AvgIpc) is 3.18. The number of anilines is 1. The van der Waals surface area contributed by atoms with Crippen LogP contribution in [0.3, 0.4) is 0 Å². The molecule has 2 aromatic heterocycles. The Morgan fingerprint density at radius 3 is 2.78 bits per heavy atom. The van der Waals surface area contributed by atoms with E-state index in [-0.39, 0.29) is 6.04 Å². The third-order valence-corrected chi connectivity index (χ3v) is 6.08. The van der Waals surface area contributed by atoms with Gasteiger partial charge in [-0.15, -0.1) is 0 Å². The van der Waals surface area contributed by atoms with Gasteiger partial charge in [0.1, 0.15) is 12.1 Å². The Labute approximate surface area is 158 Å². The average molecular weight is 367 g/mol. The summed E-state index contributed by atoms with van der Waals surface area (Å²) in [5.74, 6) is 1.94. The number of hydrogen-bond acceptors (Lipinski definition) is 8. The zero-order valence-corrected chi connectivity index (χ0v) is 15.3. The Morgan fingerprint density at radius 1 is 1.00 bits per heavy atom. The van der Waals surface area contributed by atoms with Crippen molar-refractivity contribution < 1.29 is 4.74 Å². The quantitative estimate of drug-likeness (QED) is 0.837. The van der Waals surface area contributed by atoms with Gasteiger partial charge in [0.2, 0.25) is 0 Å². The van der Waals surface area contributed by atoms with E-state index >= 15 is 0 Å². The first kappa shape index (κ1) is 17.0. The van der Waals surface area contributed by atoms with Gasteiger partial charge in [-0.2, -0.15) is 0 Å². The molecule has 27 heavy (non-hydrogen) atoms. The second kappa shape index (κ2) is 7.46. The highest BCUT2D eigenvalue weighted by atomic mass is 16.5. The van der Waals surface area contributed by atoms with Crippen molar-refractivity contribution in [3.05, 3.63) is 42.4 Å². The topological polar surface area (TPSA) is 88.1 Å². The van der Waals surface area contributed by atoms with Gasteiger partial charge in [0, 0.05) is 49.7 Å². The molecule has 3 aliphatic rings. The van der Waals surface area contributed by atoms with Gasteiger partial charge in [0.05, 0.1) is 30.6 Å². The highest BCUT2D eigenvalue weighted by molar-refractivity contribution is 5.40. The van der Waals surface area contributed by atoms with Crippen LogP contribution >= 0.6 is 0 Å². The summed E-state index contributed by atoms with van der Waals surface area (Å²) in [5.41, 5.74) is 9.17. The van der Waals surface area contributed by atoms with Gasteiger partial charge < -0.3 is 9.64 Å². The molecule has 0 amide bonds. The van der Waals surface area contributed by atoms with E-state index in [0.29, 0.717) is 17.9 Å². The van der Waals surface area contributed by atoms with E-state index in [1.165, 1.54) is 0 Å². The minimum Gasteiger partial charge on any atom is -0.378 e. The van der Waals surface area contributed by atoms with Crippen molar-refractivity contribution in [2.75, 3.05) is 31.2 Å². The smallest absolute Gasteiger partial charge is 0.132 e. The summed E-state index contributed by atoms with van der Waals surface area (Å²) >= 11 is 0. The number of hydrazine groups is 1. The van der Waals surface area contributed by atoms with Crippen molar-refractivity contribution in [1.29, 1.82) is 0 Å². The number of nitrogens with zero attached hydrogens (tertiary/aromatic N) is 5. The molecule has 8 heteroatoms.